The molecule has 2 aliphatic rings. The summed E-state index contributed by atoms with van der Waals surface area (Å²) in [6.07, 6.45) is 6.09. The standard InChI is InChI=1S/C19H17BrN2O3S/c20-13-8-15-14(24-5-6-25-15)7-11(13)9-22-10-21-18-17(19(22)23)12-3-1-2-4-16(12)26-18/h7-8,10H,1-6,9H2. The van der Waals surface area contributed by atoms with Crippen LogP contribution in [0.25, 0.3) is 10.2 Å². The van der Waals surface area contributed by atoms with E-state index in [4.69, 9.17) is 9.47 Å². The molecular weight excluding hydrogens is 416 g/mol. The molecule has 2 aromatic heterocycles. The predicted octanol–water partition coefficient (Wildman–Crippen LogP) is 3.92. The number of halogens is 1. The fraction of sp³-hybridized carbons (Fsp3) is 0.368. The number of hydrogen-bond acceptors (Lipinski definition) is 5. The van der Waals surface area contributed by atoms with Gasteiger partial charge in [0.1, 0.15) is 18.0 Å². The first-order valence-electron chi connectivity index (χ1n) is 8.78. The summed E-state index contributed by atoms with van der Waals surface area (Å²) in [6, 6.07) is 3.85. The highest BCUT2D eigenvalue weighted by Crippen LogP contribution is 2.36. The molecule has 0 saturated heterocycles. The van der Waals surface area contributed by atoms with Gasteiger partial charge in [-0.25, -0.2) is 4.98 Å². The zero-order valence-electron chi connectivity index (χ0n) is 14.1. The smallest absolute Gasteiger partial charge is 0.262 e. The van der Waals surface area contributed by atoms with Gasteiger partial charge < -0.3 is 9.47 Å². The zero-order valence-corrected chi connectivity index (χ0v) is 16.5. The molecule has 0 bridgehead atoms. The number of ether oxygens (including phenoxy) is 2. The number of fused-ring (bicyclic) bond motifs is 4. The summed E-state index contributed by atoms with van der Waals surface area (Å²) in [6.45, 7) is 1.55. The number of aryl methyl sites for hydroxylation is 2. The van der Waals surface area contributed by atoms with E-state index < -0.39 is 0 Å². The summed E-state index contributed by atoms with van der Waals surface area (Å²) in [5.74, 6) is 1.46. The maximum absolute atomic E-state index is 13.1. The third-order valence-corrected chi connectivity index (χ3v) is 6.93. The largest absolute Gasteiger partial charge is 0.486 e. The van der Waals surface area contributed by atoms with Gasteiger partial charge in [0.15, 0.2) is 11.5 Å². The topological polar surface area (TPSA) is 53.4 Å². The average molecular weight is 433 g/mol. The van der Waals surface area contributed by atoms with Crippen molar-refractivity contribution >= 4 is 37.5 Å². The Hall–Kier alpha value is -1.86. The van der Waals surface area contributed by atoms with Gasteiger partial charge in [-0.05, 0) is 48.9 Å². The quantitative estimate of drug-likeness (QED) is 0.615. The van der Waals surface area contributed by atoms with E-state index in [2.05, 4.69) is 20.9 Å². The SMILES string of the molecule is O=c1c2c3c(sc2ncn1Cc1cc2c(cc1Br)OCCO2)CCCC3. The lowest BCUT2D eigenvalue weighted by molar-refractivity contribution is 0.171. The molecule has 134 valence electrons. The molecule has 0 unspecified atom stereocenters. The second-order valence-corrected chi connectivity index (χ2v) is 8.59. The molecule has 3 aromatic rings. The van der Waals surface area contributed by atoms with E-state index >= 15 is 0 Å². The maximum Gasteiger partial charge on any atom is 0.262 e. The van der Waals surface area contributed by atoms with Crippen molar-refractivity contribution in [1.82, 2.24) is 9.55 Å². The Labute approximate surface area is 162 Å². The Bertz CT molecular complexity index is 1070. The number of benzene rings is 1. The van der Waals surface area contributed by atoms with E-state index in [1.807, 2.05) is 12.1 Å². The Morgan fingerprint density at radius 1 is 1.15 bits per heavy atom. The van der Waals surface area contributed by atoms with E-state index in [0.717, 1.165) is 51.0 Å². The Morgan fingerprint density at radius 2 is 1.92 bits per heavy atom. The minimum atomic E-state index is 0.0520. The van der Waals surface area contributed by atoms with Crippen molar-refractivity contribution in [3.8, 4) is 11.5 Å². The van der Waals surface area contributed by atoms with Gasteiger partial charge in [-0.1, -0.05) is 15.9 Å². The molecule has 1 aliphatic heterocycles. The lowest BCUT2D eigenvalue weighted by Crippen LogP contribution is -2.22. The van der Waals surface area contributed by atoms with Crippen molar-refractivity contribution < 1.29 is 9.47 Å². The second kappa shape index (κ2) is 6.39. The van der Waals surface area contributed by atoms with Gasteiger partial charge in [0, 0.05) is 9.35 Å². The molecule has 1 aromatic carbocycles. The van der Waals surface area contributed by atoms with Crippen molar-refractivity contribution in [1.29, 1.82) is 0 Å². The minimum absolute atomic E-state index is 0.0520. The van der Waals surface area contributed by atoms with Gasteiger partial charge in [0.25, 0.3) is 5.56 Å². The van der Waals surface area contributed by atoms with Crippen molar-refractivity contribution in [2.24, 2.45) is 0 Å². The van der Waals surface area contributed by atoms with Crippen LogP contribution in [0.3, 0.4) is 0 Å². The molecule has 3 heterocycles. The van der Waals surface area contributed by atoms with E-state index in [9.17, 15) is 4.79 Å². The molecule has 0 fully saturated rings. The number of thiophene rings is 1. The van der Waals surface area contributed by atoms with Crippen LogP contribution in [-0.4, -0.2) is 22.8 Å². The Balaban J connectivity index is 1.58. The maximum atomic E-state index is 13.1. The third kappa shape index (κ3) is 2.65. The molecule has 0 N–H and O–H groups in total. The van der Waals surface area contributed by atoms with Crippen LogP contribution in [0.2, 0.25) is 0 Å². The summed E-state index contributed by atoms with van der Waals surface area (Å²) in [4.78, 5) is 19.9. The average Bonchev–Trinajstić information content (AvgIpc) is 3.04. The highest BCUT2D eigenvalue weighted by molar-refractivity contribution is 9.10. The van der Waals surface area contributed by atoms with E-state index in [1.165, 1.54) is 16.9 Å². The molecule has 0 amide bonds. The number of hydrogen-bond donors (Lipinski definition) is 0. The molecule has 1 aliphatic carbocycles. The van der Waals surface area contributed by atoms with Gasteiger partial charge >= 0.3 is 0 Å². The summed E-state index contributed by atoms with van der Waals surface area (Å²) in [5, 5.41) is 0.820. The summed E-state index contributed by atoms with van der Waals surface area (Å²) in [5.41, 5.74) is 2.25. The molecule has 0 saturated carbocycles. The fourth-order valence-corrected chi connectivity index (χ4v) is 5.37. The van der Waals surface area contributed by atoms with Gasteiger partial charge in [-0.2, -0.15) is 0 Å². The highest BCUT2D eigenvalue weighted by Gasteiger charge is 2.21. The number of aromatic nitrogens is 2. The number of nitrogens with zero attached hydrogens (tertiary/aromatic N) is 2. The van der Waals surface area contributed by atoms with Gasteiger partial charge in [0.05, 0.1) is 18.3 Å². The van der Waals surface area contributed by atoms with E-state index in [0.29, 0.717) is 19.8 Å². The monoisotopic (exact) mass is 432 g/mol. The van der Waals surface area contributed by atoms with Crippen molar-refractivity contribution in [2.75, 3.05) is 13.2 Å². The van der Waals surface area contributed by atoms with E-state index in [1.54, 1.807) is 22.2 Å². The normalized spacial score (nSPS) is 15.9. The van der Waals surface area contributed by atoms with Crippen LogP contribution in [-0.2, 0) is 19.4 Å². The number of rotatable bonds is 2. The molecule has 0 spiro atoms. The molecule has 7 heteroatoms. The lowest BCUT2D eigenvalue weighted by atomic mass is 9.97. The van der Waals surface area contributed by atoms with Crippen molar-refractivity contribution in [3.63, 3.8) is 0 Å². The van der Waals surface area contributed by atoms with Crippen LogP contribution in [0, 0.1) is 0 Å². The summed E-state index contributed by atoms with van der Waals surface area (Å²) >= 11 is 5.27. The van der Waals surface area contributed by atoms with Gasteiger partial charge in [0.2, 0.25) is 0 Å². The molecule has 0 atom stereocenters. The first-order chi connectivity index (χ1) is 12.7. The summed E-state index contributed by atoms with van der Waals surface area (Å²) < 4.78 is 13.9. The molecular formula is C19H17BrN2O3S. The first kappa shape index (κ1) is 16.3. The molecule has 5 rings (SSSR count). The zero-order chi connectivity index (χ0) is 17.7. The summed E-state index contributed by atoms with van der Waals surface area (Å²) in [7, 11) is 0. The van der Waals surface area contributed by atoms with E-state index in [-0.39, 0.29) is 5.56 Å². The lowest BCUT2D eigenvalue weighted by Gasteiger charge is -2.20. The molecule has 5 nitrogen and oxygen atoms in total. The van der Waals surface area contributed by atoms with Crippen LogP contribution in [0.5, 0.6) is 11.5 Å². The second-order valence-electron chi connectivity index (χ2n) is 6.66. The Morgan fingerprint density at radius 3 is 2.77 bits per heavy atom. The highest BCUT2D eigenvalue weighted by atomic mass is 79.9. The van der Waals surface area contributed by atoms with Crippen molar-refractivity contribution in [2.45, 2.75) is 32.2 Å². The molecule has 0 radical (unpaired) electrons. The third-order valence-electron chi connectivity index (χ3n) is 4.99. The predicted molar refractivity (Wildman–Crippen MR) is 105 cm³/mol. The Kier molecular flexibility index (Phi) is 4.01. The minimum Gasteiger partial charge on any atom is -0.486 e. The van der Waals surface area contributed by atoms with Gasteiger partial charge in [-0.3, -0.25) is 9.36 Å². The molecule has 26 heavy (non-hydrogen) atoms. The fourth-order valence-electron chi connectivity index (χ4n) is 3.70. The van der Waals surface area contributed by atoms with Crippen LogP contribution in [0.4, 0.5) is 0 Å². The van der Waals surface area contributed by atoms with Crippen LogP contribution in [0.15, 0.2) is 27.7 Å². The van der Waals surface area contributed by atoms with Crippen LogP contribution >= 0.6 is 27.3 Å². The van der Waals surface area contributed by atoms with Crippen LogP contribution in [0.1, 0.15) is 28.8 Å². The first-order valence-corrected chi connectivity index (χ1v) is 10.4. The van der Waals surface area contributed by atoms with Crippen molar-refractivity contribution in [3.05, 3.63) is 49.3 Å². The van der Waals surface area contributed by atoms with Gasteiger partial charge in [-0.15, -0.1) is 11.3 Å². The van der Waals surface area contributed by atoms with Crippen LogP contribution < -0.4 is 15.0 Å².